The van der Waals surface area contributed by atoms with E-state index < -0.39 is 0 Å². The molecule has 0 spiro atoms. The minimum atomic E-state index is -0.335. The number of allylic oxidation sites excluding steroid dienone is 1. The summed E-state index contributed by atoms with van der Waals surface area (Å²) in [4.78, 5) is 24.7. The van der Waals surface area contributed by atoms with Crippen LogP contribution in [0.2, 0.25) is 0 Å². The topological polar surface area (TPSA) is 91.7 Å². The van der Waals surface area contributed by atoms with Gasteiger partial charge in [-0.05, 0) is 42.8 Å². The number of carbonyl (C=O) groups excluding carboxylic acids is 2. The molecule has 0 aliphatic carbocycles. The fourth-order valence-electron chi connectivity index (χ4n) is 2.99. The van der Waals surface area contributed by atoms with Crippen molar-refractivity contribution in [1.29, 1.82) is 0 Å². The number of nitrogens with one attached hydrogen (secondary N) is 1. The van der Waals surface area contributed by atoms with Gasteiger partial charge in [0.25, 0.3) is 5.91 Å². The lowest BCUT2D eigenvalue weighted by atomic mass is 10.1. The zero-order valence-corrected chi connectivity index (χ0v) is 18.4. The summed E-state index contributed by atoms with van der Waals surface area (Å²) in [6, 6.07) is 12.3. The first-order valence-electron chi connectivity index (χ1n) is 9.87. The van der Waals surface area contributed by atoms with Crippen LogP contribution in [-0.2, 0) is 11.8 Å². The maximum Gasteiger partial charge on any atom is 0.262 e. The highest BCUT2D eigenvalue weighted by Crippen LogP contribution is 2.29. The molecule has 0 saturated carbocycles. The predicted molar refractivity (Wildman–Crippen MR) is 121 cm³/mol. The molecule has 8 heteroatoms. The minimum Gasteiger partial charge on any atom is -0.495 e. The molecule has 166 valence electrons. The first kappa shape index (κ1) is 22.6. The number of ketones is 1. The number of aromatic nitrogens is 2. The Bertz CT molecular complexity index is 1150. The average Bonchev–Trinajstić information content (AvgIpc) is 3.14. The highest BCUT2D eigenvalue weighted by molar-refractivity contribution is 6.07. The van der Waals surface area contributed by atoms with E-state index in [0.717, 1.165) is 11.3 Å². The van der Waals surface area contributed by atoms with Crippen LogP contribution in [0.5, 0.6) is 17.2 Å². The van der Waals surface area contributed by atoms with Crippen molar-refractivity contribution in [3.63, 3.8) is 0 Å². The number of benzene rings is 2. The van der Waals surface area contributed by atoms with Crippen LogP contribution in [0.25, 0.3) is 6.08 Å². The van der Waals surface area contributed by atoms with Crippen LogP contribution in [0.4, 0.5) is 5.69 Å². The standard InChI is InChI=1S/C24H25N3O5/c1-16-18(14-25-27(16)2)20(28)11-9-17-10-12-22(23(13-17)31-4)32-15-24(29)26-19-7-5-6-8-21(19)30-3/h5-14H,15H2,1-4H3,(H,26,29)/b11-9+. The number of hydrogen-bond acceptors (Lipinski definition) is 6. The van der Waals surface area contributed by atoms with Gasteiger partial charge < -0.3 is 19.5 Å². The molecule has 2 aromatic carbocycles. The van der Waals surface area contributed by atoms with Gasteiger partial charge >= 0.3 is 0 Å². The van der Waals surface area contributed by atoms with Crippen molar-refractivity contribution < 1.29 is 23.8 Å². The number of amides is 1. The van der Waals surface area contributed by atoms with Crippen LogP contribution < -0.4 is 19.5 Å². The molecule has 3 aromatic rings. The molecule has 1 amide bonds. The summed E-state index contributed by atoms with van der Waals surface area (Å²) in [5.74, 6) is 0.947. The highest BCUT2D eigenvalue weighted by atomic mass is 16.5. The smallest absolute Gasteiger partial charge is 0.262 e. The molecule has 0 aliphatic rings. The second-order valence-corrected chi connectivity index (χ2v) is 6.91. The lowest BCUT2D eigenvalue weighted by Crippen LogP contribution is -2.20. The lowest BCUT2D eigenvalue weighted by molar-refractivity contribution is -0.118. The van der Waals surface area contributed by atoms with E-state index in [2.05, 4.69) is 10.4 Å². The first-order chi connectivity index (χ1) is 15.4. The molecule has 8 nitrogen and oxygen atoms in total. The van der Waals surface area contributed by atoms with E-state index in [-0.39, 0.29) is 18.3 Å². The van der Waals surface area contributed by atoms with Gasteiger partial charge in [-0.1, -0.05) is 24.3 Å². The highest BCUT2D eigenvalue weighted by Gasteiger charge is 2.12. The van der Waals surface area contributed by atoms with Gasteiger partial charge in [0.2, 0.25) is 0 Å². The first-order valence-corrected chi connectivity index (χ1v) is 9.87. The lowest BCUT2D eigenvalue weighted by Gasteiger charge is -2.13. The molecular formula is C24H25N3O5. The SMILES string of the molecule is COc1ccccc1NC(=O)COc1ccc(/C=C/C(=O)c2cnn(C)c2C)cc1OC. The third kappa shape index (κ3) is 5.34. The molecule has 0 radical (unpaired) electrons. The summed E-state index contributed by atoms with van der Waals surface area (Å²) in [6.45, 7) is 1.63. The Balaban J connectivity index is 1.64. The summed E-state index contributed by atoms with van der Waals surface area (Å²) < 4.78 is 17.9. The fourth-order valence-corrected chi connectivity index (χ4v) is 2.99. The van der Waals surface area contributed by atoms with Crippen LogP contribution >= 0.6 is 0 Å². The van der Waals surface area contributed by atoms with Gasteiger partial charge in [-0.2, -0.15) is 5.10 Å². The van der Waals surface area contributed by atoms with Crippen molar-refractivity contribution in [2.45, 2.75) is 6.92 Å². The zero-order chi connectivity index (χ0) is 23.1. The van der Waals surface area contributed by atoms with Gasteiger partial charge in [0.15, 0.2) is 23.9 Å². The van der Waals surface area contributed by atoms with E-state index >= 15 is 0 Å². The molecule has 0 unspecified atom stereocenters. The van der Waals surface area contributed by atoms with Gasteiger partial charge in [-0.3, -0.25) is 14.3 Å². The normalized spacial score (nSPS) is 10.8. The van der Waals surface area contributed by atoms with E-state index in [1.807, 2.05) is 13.0 Å². The Morgan fingerprint density at radius 2 is 1.81 bits per heavy atom. The third-order valence-corrected chi connectivity index (χ3v) is 4.86. The predicted octanol–water partition coefficient (Wildman–Crippen LogP) is 3.66. The van der Waals surface area contributed by atoms with Gasteiger partial charge in [-0.25, -0.2) is 0 Å². The van der Waals surface area contributed by atoms with Gasteiger partial charge in [0, 0.05) is 12.7 Å². The monoisotopic (exact) mass is 435 g/mol. The van der Waals surface area contributed by atoms with Crippen LogP contribution in [0.1, 0.15) is 21.6 Å². The molecule has 1 heterocycles. The van der Waals surface area contributed by atoms with Gasteiger partial charge in [0.1, 0.15) is 5.75 Å². The Morgan fingerprint density at radius 1 is 1.06 bits per heavy atom. The van der Waals surface area contributed by atoms with Crippen molar-refractivity contribution in [1.82, 2.24) is 9.78 Å². The summed E-state index contributed by atoms with van der Waals surface area (Å²) in [5, 5.41) is 6.84. The number of ether oxygens (including phenoxy) is 3. The number of aryl methyl sites for hydroxylation is 1. The van der Waals surface area contributed by atoms with E-state index in [0.29, 0.717) is 28.5 Å². The molecule has 0 aliphatic heterocycles. The number of methoxy groups -OCH3 is 2. The fraction of sp³-hybridized carbons (Fsp3) is 0.208. The van der Waals surface area contributed by atoms with E-state index in [1.165, 1.54) is 20.3 Å². The van der Waals surface area contributed by atoms with E-state index in [4.69, 9.17) is 14.2 Å². The zero-order valence-electron chi connectivity index (χ0n) is 18.4. The molecule has 3 rings (SSSR count). The second kappa shape index (κ2) is 10.3. The molecule has 32 heavy (non-hydrogen) atoms. The van der Waals surface area contributed by atoms with Crippen LogP contribution in [0.15, 0.2) is 54.7 Å². The number of rotatable bonds is 9. The van der Waals surface area contributed by atoms with Crippen LogP contribution in [0.3, 0.4) is 0 Å². The quantitative estimate of drug-likeness (QED) is 0.407. The number of para-hydroxylation sites is 2. The molecule has 0 atom stereocenters. The van der Waals surface area contributed by atoms with Crippen molar-refractivity contribution in [3.8, 4) is 17.2 Å². The largest absolute Gasteiger partial charge is 0.495 e. The maximum absolute atomic E-state index is 12.4. The average molecular weight is 435 g/mol. The van der Waals surface area contributed by atoms with Crippen molar-refractivity contribution in [3.05, 3.63) is 71.6 Å². The molecule has 0 fully saturated rings. The Kier molecular flexibility index (Phi) is 7.28. The summed E-state index contributed by atoms with van der Waals surface area (Å²) in [5.41, 5.74) is 2.66. The molecule has 1 aromatic heterocycles. The molecular weight excluding hydrogens is 410 g/mol. The van der Waals surface area contributed by atoms with E-state index in [1.54, 1.807) is 60.4 Å². The summed E-state index contributed by atoms with van der Waals surface area (Å²) >= 11 is 0. The maximum atomic E-state index is 12.4. The molecule has 0 saturated heterocycles. The number of hydrogen-bond donors (Lipinski definition) is 1. The Hall–Kier alpha value is -4.07. The molecule has 1 N–H and O–H groups in total. The molecule has 0 bridgehead atoms. The second-order valence-electron chi connectivity index (χ2n) is 6.91. The van der Waals surface area contributed by atoms with Gasteiger partial charge in [0.05, 0.1) is 31.7 Å². The number of nitrogens with zero attached hydrogens (tertiary/aromatic N) is 2. The Labute approximate surface area is 186 Å². The minimum absolute atomic E-state index is 0.136. The van der Waals surface area contributed by atoms with E-state index in [9.17, 15) is 9.59 Å². The number of anilines is 1. The van der Waals surface area contributed by atoms with Crippen LogP contribution in [-0.4, -0.2) is 42.3 Å². The van der Waals surface area contributed by atoms with Crippen molar-refractivity contribution in [2.75, 3.05) is 26.1 Å². The van der Waals surface area contributed by atoms with Gasteiger partial charge in [-0.15, -0.1) is 0 Å². The summed E-state index contributed by atoms with van der Waals surface area (Å²) in [6.07, 6.45) is 4.73. The number of carbonyl (C=O) groups is 2. The third-order valence-electron chi connectivity index (χ3n) is 4.86. The summed E-state index contributed by atoms with van der Waals surface area (Å²) in [7, 11) is 4.83. The van der Waals surface area contributed by atoms with Crippen molar-refractivity contribution in [2.24, 2.45) is 7.05 Å². The Morgan fingerprint density at radius 3 is 2.50 bits per heavy atom. The van der Waals surface area contributed by atoms with Crippen molar-refractivity contribution >= 4 is 23.5 Å². The van der Waals surface area contributed by atoms with Crippen LogP contribution in [0, 0.1) is 6.92 Å².